The Morgan fingerprint density at radius 1 is 1.38 bits per heavy atom. The molecular formula is C18H18ClNO. The summed E-state index contributed by atoms with van der Waals surface area (Å²) in [5, 5.41) is 3.32. The minimum absolute atomic E-state index is 0.433. The zero-order valence-corrected chi connectivity index (χ0v) is 12.8. The van der Waals surface area contributed by atoms with Crippen molar-refractivity contribution in [2.75, 3.05) is 0 Å². The molecule has 0 atom stereocenters. The van der Waals surface area contributed by atoms with Crippen molar-refractivity contribution in [2.45, 2.75) is 19.8 Å². The van der Waals surface area contributed by atoms with Crippen LogP contribution in [-0.4, -0.2) is 5.91 Å². The van der Waals surface area contributed by atoms with Crippen LogP contribution >= 0.6 is 11.6 Å². The summed E-state index contributed by atoms with van der Waals surface area (Å²) in [5.41, 5.74) is 3.03. The van der Waals surface area contributed by atoms with Crippen LogP contribution in [0.1, 0.15) is 18.9 Å². The summed E-state index contributed by atoms with van der Waals surface area (Å²) in [6.07, 6.45) is 12.3. The largest absolute Gasteiger partial charge is 0.320 e. The van der Waals surface area contributed by atoms with Gasteiger partial charge in [-0.25, -0.2) is 0 Å². The Hall–Kier alpha value is -2.24. The summed E-state index contributed by atoms with van der Waals surface area (Å²) in [7, 11) is 0. The number of allylic oxidation sites excluding steroid dienone is 5. The predicted octanol–water partition coefficient (Wildman–Crippen LogP) is 4.04. The van der Waals surface area contributed by atoms with Gasteiger partial charge in [-0.15, -0.1) is 6.42 Å². The molecule has 0 saturated carbocycles. The van der Waals surface area contributed by atoms with E-state index in [1.54, 1.807) is 6.92 Å². The van der Waals surface area contributed by atoms with Crippen molar-refractivity contribution in [3.63, 3.8) is 0 Å². The van der Waals surface area contributed by atoms with Crippen LogP contribution in [0.5, 0.6) is 0 Å². The maximum absolute atomic E-state index is 11.0. The molecule has 0 unspecified atom stereocenters. The second-order valence-corrected chi connectivity index (χ2v) is 4.94. The third-order valence-electron chi connectivity index (χ3n) is 2.83. The summed E-state index contributed by atoms with van der Waals surface area (Å²) in [5.74, 6) is 1.58. The number of amides is 1. The zero-order chi connectivity index (χ0) is 15.7. The Morgan fingerprint density at radius 2 is 2.05 bits per heavy atom. The fourth-order valence-electron chi connectivity index (χ4n) is 1.72. The van der Waals surface area contributed by atoms with Gasteiger partial charge in [0, 0.05) is 10.7 Å². The molecule has 21 heavy (non-hydrogen) atoms. The maximum atomic E-state index is 11.0. The highest BCUT2D eigenvalue weighted by atomic mass is 35.5. The highest BCUT2D eigenvalue weighted by Crippen LogP contribution is 2.14. The number of rotatable bonds is 6. The first-order valence-electron chi connectivity index (χ1n) is 6.55. The molecule has 2 nitrogen and oxygen atoms in total. The van der Waals surface area contributed by atoms with Crippen LogP contribution < -0.4 is 5.32 Å². The molecule has 3 heteroatoms. The molecule has 0 aromatic heterocycles. The number of nitrogens with one attached hydrogen (secondary N) is 1. The lowest BCUT2D eigenvalue weighted by atomic mass is 10.0. The Bertz CT molecular complexity index is 603. The second kappa shape index (κ2) is 8.84. The van der Waals surface area contributed by atoms with E-state index >= 15 is 0 Å². The van der Waals surface area contributed by atoms with E-state index in [1.807, 2.05) is 42.3 Å². The van der Waals surface area contributed by atoms with Crippen molar-refractivity contribution in [1.29, 1.82) is 0 Å². The number of hydrogen-bond acceptors (Lipinski definition) is 1. The summed E-state index contributed by atoms with van der Waals surface area (Å²) >= 11 is 5.86. The molecule has 108 valence electrons. The lowest BCUT2D eigenvalue weighted by molar-refractivity contribution is -0.115. The highest BCUT2D eigenvalue weighted by molar-refractivity contribution is 6.30. The molecule has 1 amide bonds. The molecule has 0 fully saturated rings. The Kier molecular flexibility index (Phi) is 7.08. The first-order chi connectivity index (χ1) is 10.0. The fourth-order valence-corrected chi connectivity index (χ4v) is 1.84. The molecule has 0 spiro atoms. The first-order valence-corrected chi connectivity index (χ1v) is 6.93. The highest BCUT2D eigenvalue weighted by Gasteiger charge is 1.97. The molecule has 1 rings (SSSR count). The van der Waals surface area contributed by atoms with E-state index in [4.69, 9.17) is 18.0 Å². The Balaban J connectivity index is 2.62. The van der Waals surface area contributed by atoms with Crippen molar-refractivity contribution >= 4 is 17.5 Å². The molecule has 0 aliphatic rings. The van der Waals surface area contributed by atoms with E-state index in [2.05, 4.69) is 18.0 Å². The van der Waals surface area contributed by atoms with Gasteiger partial charge in [-0.1, -0.05) is 48.5 Å². The average Bonchev–Trinajstić information content (AvgIpc) is 2.48. The zero-order valence-electron chi connectivity index (χ0n) is 12.0. The standard InChI is InChI=1S/C18H18ClNO/c1-4-15(13-16-9-11-17(19)12-10-16)8-6-7-14(3)20-18(21)5-2/h2,4,7-12H,1,6,13H2,3H3,(H,20,21)/b14-7+,15-8+. The number of carbonyl (C=O) groups excluding carboxylic acids is 1. The molecule has 1 aromatic rings. The normalized spacial score (nSPS) is 11.7. The van der Waals surface area contributed by atoms with Crippen LogP contribution in [0.3, 0.4) is 0 Å². The van der Waals surface area contributed by atoms with Gasteiger partial charge < -0.3 is 5.32 Å². The van der Waals surface area contributed by atoms with Crippen molar-refractivity contribution in [3.05, 3.63) is 70.9 Å². The molecule has 0 saturated heterocycles. The van der Waals surface area contributed by atoms with Crippen molar-refractivity contribution < 1.29 is 4.79 Å². The number of terminal acetylenes is 1. The van der Waals surface area contributed by atoms with E-state index in [9.17, 15) is 4.79 Å². The second-order valence-electron chi connectivity index (χ2n) is 4.51. The van der Waals surface area contributed by atoms with E-state index in [-0.39, 0.29) is 0 Å². The van der Waals surface area contributed by atoms with Crippen LogP contribution in [0.25, 0.3) is 0 Å². The van der Waals surface area contributed by atoms with Gasteiger partial charge in [0.2, 0.25) is 0 Å². The van der Waals surface area contributed by atoms with Gasteiger partial charge in [-0.3, -0.25) is 4.79 Å². The number of halogens is 1. The van der Waals surface area contributed by atoms with Gasteiger partial charge in [-0.2, -0.15) is 0 Å². The minimum atomic E-state index is -0.433. The van der Waals surface area contributed by atoms with Crippen molar-refractivity contribution in [2.24, 2.45) is 0 Å². The lowest BCUT2D eigenvalue weighted by Crippen LogP contribution is -2.18. The van der Waals surface area contributed by atoms with Crippen LogP contribution in [0.2, 0.25) is 5.02 Å². The smallest absolute Gasteiger partial charge is 0.299 e. The van der Waals surface area contributed by atoms with E-state index < -0.39 is 5.91 Å². The number of carbonyl (C=O) groups is 1. The molecule has 0 aliphatic carbocycles. The Morgan fingerprint density at radius 3 is 2.62 bits per heavy atom. The summed E-state index contributed by atoms with van der Waals surface area (Å²) < 4.78 is 0. The van der Waals surface area contributed by atoms with Crippen molar-refractivity contribution in [3.8, 4) is 12.3 Å². The topological polar surface area (TPSA) is 29.1 Å². The maximum Gasteiger partial charge on any atom is 0.299 e. The van der Waals surface area contributed by atoms with E-state index in [0.29, 0.717) is 6.42 Å². The molecule has 0 radical (unpaired) electrons. The van der Waals surface area contributed by atoms with Gasteiger partial charge >= 0.3 is 0 Å². The molecule has 1 N–H and O–H groups in total. The van der Waals surface area contributed by atoms with E-state index in [1.165, 1.54) is 5.56 Å². The summed E-state index contributed by atoms with van der Waals surface area (Å²) in [4.78, 5) is 11.0. The Labute approximate surface area is 131 Å². The third kappa shape index (κ3) is 6.65. The van der Waals surface area contributed by atoms with Gasteiger partial charge in [-0.05, 0) is 49.0 Å². The van der Waals surface area contributed by atoms with Gasteiger partial charge in [0.1, 0.15) is 0 Å². The van der Waals surface area contributed by atoms with Crippen LogP contribution in [0.4, 0.5) is 0 Å². The van der Waals surface area contributed by atoms with Gasteiger partial charge in [0.25, 0.3) is 5.91 Å². The fraction of sp³-hybridized carbons (Fsp3) is 0.167. The minimum Gasteiger partial charge on any atom is -0.320 e. The van der Waals surface area contributed by atoms with E-state index in [0.717, 1.165) is 22.7 Å². The van der Waals surface area contributed by atoms with Gasteiger partial charge in [0.05, 0.1) is 0 Å². The summed E-state index contributed by atoms with van der Waals surface area (Å²) in [6, 6.07) is 7.73. The van der Waals surface area contributed by atoms with Crippen LogP contribution in [-0.2, 0) is 11.2 Å². The van der Waals surface area contributed by atoms with Gasteiger partial charge in [0.15, 0.2) is 0 Å². The third-order valence-corrected chi connectivity index (χ3v) is 3.08. The molecule has 1 aromatic carbocycles. The van der Waals surface area contributed by atoms with Crippen LogP contribution in [0, 0.1) is 12.3 Å². The molecular weight excluding hydrogens is 282 g/mol. The molecule has 0 bridgehead atoms. The quantitative estimate of drug-likeness (QED) is 0.623. The predicted molar refractivity (Wildman–Crippen MR) is 88.8 cm³/mol. The number of benzene rings is 1. The lowest BCUT2D eigenvalue weighted by Gasteiger charge is -2.03. The monoisotopic (exact) mass is 299 g/mol. The van der Waals surface area contributed by atoms with Crippen LogP contribution in [0.15, 0.2) is 60.3 Å². The first kappa shape index (κ1) is 16.8. The molecule has 0 aliphatic heterocycles. The summed E-state index contributed by atoms with van der Waals surface area (Å²) in [6.45, 7) is 5.62. The molecule has 0 heterocycles. The van der Waals surface area contributed by atoms with Crippen molar-refractivity contribution in [1.82, 2.24) is 5.32 Å². The number of hydrogen-bond donors (Lipinski definition) is 1. The SMILES string of the molecule is C#CC(=O)N/C(C)=C/C/C=C(\C=C)Cc1ccc(Cl)cc1. The average molecular weight is 300 g/mol.